The Morgan fingerprint density at radius 2 is 2.19 bits per heavy atom. The van der Waals surface area contributed by atoms with E-state index in [1.54, 1.807) is 18.5 Å². The minimum Gasteiger partial charge on any atom is -0.365 e. The first-order valence-electron chi connectivity index (χ1n) is 7.87. The molecule has 7 nitrogen and oxygen atoms in total. The van der Waals surface area contributed by atoms with E-state index >= 15 is 0 Å². The van der Waals surface area contributed by atoms with Crippen molar-refractivity contribution >= 4 is 11.9 Å². The van der Waals surface area contributed by atoms with Crippen molar-refractivity contribution in [2.24, 2.45) is 0 Å². The molecule has 10 heteroatoms. The standard InChI is InChI=1S/C16H16F3N5O2/c17-16(18,19)13-3-5-21-15(23-13)24-6-7-26-12(10-24)14(25)22-9-11-2-1-4-20-8-11/h1-5,8,12H,6-7,9-10H2,(H,22,25). The molecule has 0 aromatic carbocycles. The Morgan fingerprint density at radius 3 is 2.92 bits per heavy atom. The van der Waals surface area contributed by atoms with Crippen LogP contribution < -0.4 is 10.2 Å². The summed E-state index contributed by atoms with van der Waals surface area (Å²) in [6.07, 6.45) is -1.06. The normalized spacial score (nSPS) is 17.8. The van der Waals surface area contributed by atoms with Crippen molar-refractivity contribution < 1.29 is 22.7 Å². The first-order valence-corrected chi connectivity index (χ1v) is 7.87. The molecule has 2 aromatic heterocycles. The molecule has 1 saturated heterocycles. The Morgan fingerprint density at radius 1 is 1.35 bits per heavy atom. The molecule has 0 radical (unpaired) electrons. The summed E-state index contributed by atoms with van der Waals surface area (Å²) in [5.74, 6) is -0.432. The predicted molar refractivity (Wildman–Crippen MR) is 85.1 cm³/mol. The van der Waals surface area contributed by atoms with E-state index < -0.39 is 18.0 Å². The SMILES string of the molecule is O=C(NCc1cccnc1)C1CN(c2nccc(C(F)(F)F)n2)CCO1. The van der Waals surface area contributed by atoms with Gasteiger partial charge in [-0.15, -0.1) is 0 Å². The maximum Gasteiger partial charge on any atom is 0.433 e. The average molecular weight is 367 g/mol. The van der Waals surface area contributed by atoms with Crippen molar-refractivity contribution in [2.45, 2.75) is 18.8 Å². The zero-order valence-corrected chi connectivity index (χ0v) is 13.6. The molecule has 1 aliphatic heterocycles. The van der Waals surface area contributed by atoms with Gasteiger partial charge in [-0.25, -0.2) is 9.97 Å². The van der Waals surface area contributed by atoms with Gasteiger partial charge in [0.15, 0.2) is 6.10 Å². The molecule has 138 valence electrons. The lowest BCUT2D eigenvalue weighted by atomic mass is 10.2. The van der Waals surface area contributed by atoms with Gasteiger partial charge >= 0.3 is 6.18 Å². The average Bonchev–Trinajstić information content (AvgIpc) is 2.66. The third-order valence-corrected chi connectivity index (χ3v) is 3.76. The van der Waals surface area contributed by atoms with Crippen LogP contribution in [0.1, 0.15) is 11.3 Å². The van der Waals surface area contributed by atoms with E-state index in [2.05, 4.69) is 20.3 Å². The van der Waals surface area contributed by atoms with Gasteiger partial charge in [-0.05, 0) is 17.7 Å². The lowest BCUT2D eigenvalue weighted by Crippen LogP contribution is -2.50. The molecule has 1 aliphatic rings. The van der Waals surface area contributed by atoms with Crippen molar-refractivity contribution in [1.82, 2.24) is 20.3 Å². The van der Waals surface area contributed by atoms with Crippen LogP contribution in [0, 0.1) is 0 Å². The summed E-state index contributed by atoms with van der Waals surface area (Å²) in [5.41, 5.74) is -0.193. The number of nitrogens with one attached hydrogen (secondary N) is 1. The molecular formula is C16H16F3N5O2. The van der Waals surface area contributed by atoms with E-state index in [-0.39, 0.29) is 31.6 Å². The van der Waals surface area contributed by atoms with E-state index in [1.807, 2.05) is 6.07 Å². The van der Waals surface area contributed by atoms with Crippen molar-refractivity contribution in [3.63, 3.8) is 0 Å². The molecule has 26 heavy (non-hydrogen) atoms. The monoisotopic (exact) mass is 367 g/mol. The Bertz CT molecular complexity index is 757. The summed E-state index contributed by atoms with van der Waals surface area (Å²) in [7, 11) is 0. The van der Waals surface area contributed by atoms with Crippen LogP contribution in [-0.2, 0) is 22.3 Å². The molecule has 3 rings (SSSR count). The van der Waals surface area contributed by atoms with E-state index in [1.165, 1.54) is 4.90 Å². The van der Waals surface area contributed by atoms with Gasteiger partial charge in [0.25, 0.3) is 5.91 Å². The van der Waals surface area contributed by atoms with Crippen LogP contribution in [0.15, 0.2) is 36.8 Å². The van der Waals surface area contributed by atoms with Crippen LogP contribution in [0.5, 0.6) is 0 Å². The number of alkyl halides is 3. The minimum atomic E-state index is -4.55. The quantitative estimate of drug-likeness (QED) is 0.880. The fourth-order valence-electron chi connectivity index (χ4n) is 2.45. The number of carbonyl (C=O) groups is 1. The predicted octanol–water partition coefficient (Wildman–Crippen LogP) is 1.41. The van der Waals surface area contributed by atoms with Gasteiger partial charge < -0.3 is 15.0 Å². The third-order valence-electron chi connectivity index (χ3n) is 3.76. The molecule has 0 spiro atoms. The first kappa shape index (κ1) is 18.1. The van der Waals surface area contributed by atoms with Crippen LogP contribution >= 0.6 is 0 Å². The van der Waals surface area contributed by atoms with E-state index in [0.717, 1.165) is 17.8 Å². The number of hydrogen-bond donors (Lipinski definition) is 1. The Hall–Kier alpha value is -2.75. The Labute approximate surface area is 147 Å². The largest absolute Gasteiger partial charge is 0.433 e. The molecule has 0 bridgehead atoms. The van der Waals surface area contributed by atoms with Crippen LogP contribution in [0.2, 0.25) is 0 Å². The van der Waals surface area contributed by atoms with Crippen molar-refractivity contribution in [2.75, 3.05) is 24.6 Å². The second-order valence-electron chi connectivity index (χ2n) is 5.62. The number of pyridine rings is 1. The van der Waals surface area contributed by atoms with Gasteiger partial charge in [0.1, 0.15) is 5.69 Å². The smallest absolute Gasteiger partial charge is 0.365 e. The maximum atomic E-state index is 12.8. The van der Waals surface area contributed by atoms with Crippen LogP contribution in [0.25, 0.3) is 0 Å². The summed E-state index contributed by atoms with van der Waals surface area (Å²) in [6, 6.07) is 4.38. The lowest BCUT2D eigenvalue weighted by molar-refractivity contribution is -0.141. The summed E-state index contributed by atoms with van der Waals surface area (Å²) in [4.78, 5) is 25.2. The van der Waals surface area contributed by atoms with Gasteiger partial charge in [-0.3, -0.25) is 9.78 Å². The van der Waals surface area contributed by atoms with Crippen LogP contribution in [-0.4, -0.2) is 46.7 Å². The van der Waals surface area contributed by atoms with Gasteiger partial charge in [0, 0.05) is 31.7 Å². The van der Waals surface area contributed by atoms with Gasteiger partial charge in [-0.1, -0.05) is 6.07 Å². The number of halogens is 3. The molecule has 0 saturated carbocycles. The van der Waals surface area contributed by atoms with Gasteiger partial charge in [0.05, 0.1) is 13.2 Å². The van der Waals surface area contributed by atoms with E-state index in [9.17, 15) is 18.0 Å². The number of hydrogen-bond acceptors (Lipinski definition) is 6. The fourth-order valence-corrected chi connectivity index (χ4v) is 2.45. The number of morpholine rings is 1. The zero-order valence-electron chi connectivity index (χ0n) is 13.6. The topological polar surface area (TPSA) is 80.2 Å². The van der Waals surface area contributed by atoms with Crippen LogP contribution in [0.3, 0.4) is 0 Å². The molecule has 1 N–H and O–H groups in total. The molecule has 2 aromatic rings. The number of carbonyl (C=O) groups excluding carboxylic acids is 1. The highest BCUT2D eigenvalue weighted by atomic mass is 19.4. The summed E-state index contributed by atoms with van der Waals surface area (Å²) in [6.45, 7) is 0.838. The number of aromatic nitrogens is 3. The minimum absolute atomic E-state index is 0.0696. The summed E-state index contributed by atoms with van der Waals surface area (Å²) < 4.78 is 43.8. The maximum absolute atomic E-state index is 12.8. The summed E-state index contributed by atoms with van der Waals surface area (Å²) in [5, 5.41) is 2.72. The Kier molecular flexibility index (Phi) is 5.31. The molecule has 1 atom stereocenters. The van der Waals surface area contributed by atoms with Gasteiger partial charge in [0.2, 0.25) is 5.95 Å². The van der Waals surface area contributed by atoms with Crippen LogP contribution in [0.4, 0.5) is 19.1 Å². The van der Waals surface area contributed by atoms with Crippen molar-refractivity contribution in [3.8, 4) is 0 Å². The number of rotatable bonds is 4. The number of amides is 1. The fraction of sp³-hybridized carbons (Fsp3) is 0.375. The van der Waals surface area contributed by atoms with E-state index in [0.29, 0.717) is 6.54 Å². The second-order valence-corrected chi connectivity index (χ2v) is 5.62. The number of ether oxygens (including phenoxy) is 1. The highest BCUT2D eigenvalue weighted by Gasteiger charge is 2.34. The zero-order chi connectivity index (χ0) is 18.6. The van der Waals surface area contributed by atoms with Crippen molar-refractivity contribution in [1.29, 1.82) is 0 Å². The molecule has 0 aliphatic carbocycles. The number of nitrogens with zero attached hydrogens (tertiary/aromatic N) is 4. The molecule has 3 heterocycles. The Balaban J connectivity index is 1.63. The van der Waals surface area contributed by atoms with E-state index in [4.69, 9.17) is 4.74 Å². The number of anilines is 1. The molecular weight excluding hydrogens is 351 g/mol. The highest BCUT2D eigenvalue weighted by molar-refractivity contribution is 5.81. The molecule has 1 unspecified atom stereocenters. The summed E-state index contributed by atoms with van der Waals surface area (Å²) >= 11 is 0. The lowest BCUT2D eigenvalue weighted by Gasteiger charge is -2.32. The van der Waals surface area contributed by atoms with Gasteiger partial charge in [-0.2, -0.15) is 13.2 Å². The molecule has 1 amide bonds. The first-order chi connectivity index (χ1) is 12.4. The highest BCUT2D eigenvalue weighted by Crippen LogP contribution is 2.28. The second kappa shape index (κ2) is 7.65. The van der Waals surface area contributed by atoms with Crippen molar-refractivity contribution in [3.05, 3.63) is 48.0 Å². The third kappa shape index (κ3) is 4.45. The molecule has 1 fully saturated rings.